The molecule has 5 N–H and O–H groups in total. The van der Waals surface area contributed by atoms with Crippen LogP contribution in [-0.4, -0.2) is 61.1 Å². The van der Waals surface area contributed by atoms with Gasteiger partial charge in [0.25, 0.3) is 0 Å². The number of rotatable bonds is 10. The second-order valence-corrected chi connectivity index (χ2v) is 12.9. The van der Waals surface area contributed by atoms with Crippen molar-refractivity contribution in [3.8, 4) is 33.8 Å². The average molecular weight is 650 g/mol. The maximum absolute atomic E-state index is 14.6. The molecule has 5 heterocycles. The molecule has 0 saturated heterocycles. The van der Waals surface area contributed by atoms with Crippen LogP contribution in [0.4, 0.5) is 10.1 Å². The summed E-state index contributed by atoms with van der Waals surface area (Å²) in [6, 6.07) is 17.9. The summed E-state index contributed by atoms with van der Waals surface area (Å²) in [5.74, 6) is -0.0654. The first-order valence-electron chi connectivity index (χ1n) is 14.6. The topological polar surface area (TPSA) is 174 Å². The third-order valence-corrected chi connectivity index (χ3v) is 8.19. The van der Waals surface area contributed by atoms with E-state index >= 15 is 0 Å². The van der Waals surface area contributed by atoms with E-state index in [-0.39, 0.29) is 6.54 Å². The van der Waals surface area contributed by atoms with Gasteiger partial charge >= 0.3 is 0 Å². The molecule has 7 rings (SSSR count). The van der Waals surface area contributed by atoms with Gasteiger partial charge < -0.3 is 15.4 Å². The first kappa shape index (κ1) is 30.1. The monoisotopic (exact) mass is 649 g/mol. The number of hydrogen-bond donors (Lipinski definition) is 5. The highest BCUT2D eigenvalue weighted by atomic mass is 32.2. The molecule has 1 atom stereocenters. The molecule has 47 heavy (non-hydrogen) atoms. The van der Waals surface area contributed by atoms with Gasteiger partial charge in [0.1, 0.15) is 17.7 Å². The zero-order chi connectivity index (χ0) is 32.5. The Morgan fingerprint density at radius 3 is 2.55 bits per heavy atom. The number of benzene rings is 2. The minimum absolute atomic E-state index is 0.0594. The first-order valence-corrected chi connectivity index (χ1v) is 16.4. The Morgan fingerprint density at radius 1 is 0.915 bits per heavy atom. The van der Waals surface area contributed by atoms with E-state index in [1.54, 1.807) is 37.1 Å². The molecule has 0 amide bonds. The number of anilines is 1. The highest BCUT2D eigenvalue weighted by molar-refractivity contribution is 7.88. The number of aliphatic hydroxyl groups is 1. The van der Waals surface area contributed by atoms with Gasteiger partial charge in [-0.05, 0) is 47.0 Å². The quantitative estimate of drug-likeness (QED) is 0.131. The lowest BCUT2D eigenvalue weighted by Crippen LogP contribution is -2.21. The predicted octanol–water partition coefficient (Wildman–Crippen LogP) is 4.79. The molecule has 0 spiro atoms. The summed E-state index contributed by atoms with van der Waals surface area (Å²) in [4.78, 5) is 21.3. The van der Waals surface area contributed by atoms with Crippen molar-refractivity contribution >= 4 is 37.8 Å². The van der Waals surface area contributed by atoms with E-state index in [2.05, 4.69) is 40.2 Å². The third kappa shape index (κ3) is 6.70. The summed E-state index contributed by atoms with van der Waals surface area (Å²) in [6.45, 7) is -0.0594. The van der Waals surface area contributed by atoms with Crippen LogP contribution >= 0.6 is 0 Å². The predicted molar refractivity (Wildman–Crippen MR) is 177 cm³/mol. The van der Waals surface area contributed by atoms with Crippen LogP contribution in [0.3, 0.4) is 0 Å². The molecule has 0 fully saturated rings. The molecular weight excluding hydrogens is 621 g/mol. The van der Waals surface area contributed by atoms with E-state index in [9.17, 15) is 17.9 Å². The van der Waals surface area contributed by atoms with Gasteiger partial charge in [-0.15, -0.1) is 0 Å². The Bertz CT molecular complexity index is 2340. The molecule has 0 aliphatic rings. The highest BCUT2D eigenvalue weighted by Gasteiger charge is 2.18. The van der Waals surface area contributed by atoms with Crippen LogP contribution in [0.25, 0.3) is 55.8 Å². The zero-order valence-corrected chi connectivity index (χ0v) is 25.8. The zero-order valence-electron chi connectivity index (χ0n) is 24.9. The Balaban J connectivity index is 1.19. The number of imidazole rings is 1. The van der Waals surface area contributed by atoms with Crippen molar-refractivity contribution in [2.45, 2.75) is 19.2 Å². The van der Waals surface area contributed by atoms with Crippen molar-refractivity contribution in [1.82, 2.24) is 39.8 Å². The number of nitrogens with zero attached hydrogens (tertiary/aromatic N) is 5. The summed E-state index contributed by atoms with van der Waals surface area (Å²) < 4.78 is 40.2. The fourth-order valence-corrected chi connectivity index (χ4v) is 5.81. The number of sulfonamides is 1. The van der Waals surface area contributed by atoms with E-state index in [0.29, 0.717) is 62.4 Å². The fourth-order valence-electron chi connectivity index (χ4n) is 5.38. The Hall–Kier alpha value is -5.57. The molecule has 14 heteroatoms. The average Bonchev–Trinajstić information content (AvgIpc) is 3.68. The van der Waals surface area contributed by atoms with Crippen molar-refractivity contribution in [3.63, 3.8) is 0 Å². The lowest BCUT2D eigenvalue weighted by Gasteiger charge is -2.14. The fraction of sp³-hybridized carbons (Fsp3) is 0.121. The minimum atomic E-state index is -3.46. The highest BCUT2D eigenvalue weighted by Crippen LogP contribution is 2.33. The van der Waals surface area contributed by atoms with Crippen molar-refractivity contribution in [1.29, 1.82) is 0 Å². The Labute approximate surface area is 268 Å². The standard InChI is InChI=1S/C33H28FN9O3S/c1-47(45,46)38-13-20-7-21(10-24(34)8-20)27-17-36-18-28-30(27)41-33(40-28)31-26-12-23(15-37-32(26)43-42-31)22-11-25(16-35-14-22)39-29(44)9-19-5-3-2-4-6-19/h2-8,10-12,14-18,29,38-39,44H,9,13H2,1H3,(H,40,41)(H,37,42,43). The molecule has 1 unspecified atom stereocenters. The largest absolute Gasteiger partial charge is 0.373 e. The molecular formula is C33H28FN9O3S. The first-order chi connectivity index (χ1) is 22.7. The Morgan fingerprint density at radius 2 is 1.72 bits per heavy atom. The summed E-state index contributed by atoms with van der Waals surface area (Å²) in [5.41, 5.74) is 6.97. The summed E-state index contributed by atoms with van der Waals surface area (Å²) in [5, 5.41) is 21.9. The van der Waals surface area contributed by atoms with Gasteiger partial charge in [0.2, 0.25) is 10.0 Å². The SMILES string of the molecule is CS(=O)(=O)NCc1cc(F)cc(-c2cncc3[nH]c(-c4n[nH]c5ncc(-c6cncc(NC(O)Cc7ccccc7)c6)cc45)nc23)c1. The molecule has 0 bridgehead atoms. The van der Waals surface area contributed by atoms with Crippen molar-refractivity contribution in [3.05, 3.63) is 109 Å². The summed E-state index contributed by atoms with van der Waals surface area (Å²) in [6.07, 6.45) is 8.97. The molecule has 12 nitrogen and oxygen atoms in total. The van der Waals surface area contributed by atoms with E-state index in [1.165, 1.54) is 12.1 Å². The number of H-pyrrole nitrogens is 2. The number of aromatic nitrogens is 7. The van der Waals surface area contributed by atoms with Gasteiger partial charge in [0.05, 0.1) is 40.8 Å². The number of hydrogen-bond acceptors (Lipinski definition) is 9. The van der Waals surface area contributed by atoms with Gasteiger partial charge in [-0.25, -0.2) is 27.5 Å². The van der Waals surface area contributed by atoms with Crippen LogP contribution in [-0.2, 0) is 23.0 Å². The molecule has 2 aromatic carbocycles. The molecule has 0 aliphatic carbocycles. The maximum Gasteiger partial charge on any atom is 0.209 e. The smallest absolute Gasteiger partial charge is 0.209 e. The number of nitrogens with one attached hydrogen (secondary N) is 4. The van der Waals surface area contributed by atoms with Crippen LogP contribution in [0, 0.1) is 5.82 Å². The van der Waals surface area contributed by atoms with E-state index < -0.39 is 22.1 Å². The minimum Gasteiger partial charge on any atom is -0.373 e. The van der Waals surface area contributed by atoms with Crippen molar-refractivity contribution in [2.24, 2.45) is 0 Å². The van der Waals surface area contributed by atoms with Gasteiger partial charge in [0, 0.05) is 48.2 Å². The number of aromatic amines is 2. The van der Waals surface area contributed by atoms with Crippen LogP contribution in [0.1, 0.15) is 11.1 Å². The van der Waals surface area contributed by atoms with Gasteiger partial charge in [0.15, 0.2) is 11.5 Å². The molecule has 0 radical (unpaired) electrons. The number of pyridine rings is 3. The number of halogens is 1. The van der Waals surface area contributed by atoms with E-state index in [4.69, 9.17) is 4.98 Å². The van der Waals surface area contributed by atoms with Crippen molar-refractivity contribution in [2.75, 3.05) is 11.6 Å². The van der Waals surface area contributed by atoms with Crippen LogP contribution in [0.5, 0.6) is 0 Å². The third-order valence-electron chi connectivity index (χ3n) is 7.52. The van der Waals surface area contributed by atoms with Gasteiger partial charge in [-0.2, -0.15) is 5.10 Å². The van der Waals surface area contributed by atoms with E-state index in [0.717, 1.165) is 22.9 Å². The lowest BCUT2D eigenvalue weighted by atomic mass is 10.0. The second kappa shape index (κ2) is 12.3. The van der Waals surface area contributed by atoms with Crippen LogP contribution in [0.2, 0.25) is 0 Å². The Kier molecular flexibility index (Phi) is 7.89. The van der Waals surface area contributed by atoms with Gasteiger partial charge in [-0.3, -0.25) is 15.1 Å². The van der Waals surface area contributed by atoms with Crippen LogP contribution in [0.15, 0.2) is 91.6 Å². The summed E-state index contributed by atoms with van der Waals surface area (Å²) in [7, 11) is -3.46. The van der Waals surface area contributed by atoms with Crippen LogP contribution < -0.4 is 10.0 Å². The molecule has 0 aliphatic heterocycles. The van der Waals surface area contributed by atoms with E-state index in [1.807, 2.05) is 42.5 Å². The van der Waals surface area contributed by atoms with Crippen molar-refractivity contribution < 1.29 is 17.9 Å². The molecule has 7 aromatic rings. The number of fused-ring (bicyclic) bond motifs is 2. The second-order valence-electron chi connectivity index (χ2n) is 11.1. The molecule has 236 valence electrons. The summed E-state index contributed by atoms with van der Waals surface area (Å²) >= 11 is 0. The normalized spacial score (nSPS) is 12.5. The van der Waals surface area contributed by atoms with Gasteiger partial charge in [-0.1, -0.05) is 30.3 Å². The maximum atomic E-state index is 14.6. The number of aliphatic hydroxyl groups excluding tert-OH is 1. The molecule has 0 saturated carbocycles. The lowest BCUT2D eigenvalue weighted by molar-refractivity contribution is 0.204. The molecule has 5 aromatic heterocycles.